The molecule has 0 atom stereocenters. The summed E-state index contributed by atoms with van der Waals surface area (Å²) in [4.78, 5) is 4.05. The van der Waals surface area contributed by atoms with Crippen molar-refractivity contribution in [3.8, 4) is 0 Å². The van der Waals surface area contributed by atoms with E-state index in [4.69, 9.17) is 4.42 Å². The molecule has 2 heteroatoms. The first kappa shape index (κ1) is 6.08. The van der Waals surface area contributed by atoms with Crippen molar-refractivity contribution in [3.63, 3.8) is 0 Å². The van der Waals surface area contributed by atoms with E-state index in [1.165, 1.54) is 0 Å². The fourth-order valence-electron chi connectivity index (χ4n) is 0.591. The predicted molar refractivity (Wildman–Crippen MR) is 35.9 cm³/mol. The van der Waals surface area contributed by atoms with Crippen LogP contribution >= 0.6 is 0 Å². The van der Waals surface area contributed by atoms with Gasteiger partial charge in [-0.05, 0) is 19.9 Å². The van der Waals surface area contributed by atoms with Crippen molar-refractivity contribution >= 4 is 6.08 Å². The van der Waals surface area contributed by atoms with Crippen LogP contribution < -0.4 is 0 Å². The zero-order valence-electron chi connectivity index (χ0n) is 5.59. The zero-order valence-corrected chi connectivity index (χ0v) is 5.59. The molecule has 0 saturated heterocycles. The lowest BCUT2D eigenvalue weighted by atomic mass is 10.5. The zero-order chi connectivity index (χ0) is 6.69. The molecule has 48 valence electrons. The fraction of sp³-hybridized carbons (Fsp3) is 0.286. The molecule has 0 radical (unpaired) electrons. The molecule has 0 amide bonds. The van der Waals surface area contributed by atoms with E-state index in [0.717, 1.165) is 5.69 Å². The summed E-state index contributed by atoms with van der Waals surface area (Å²) < 4.78 is 5.01. The Morgan fingerprint density at radius 2 is 2.44 bits per heavy atom. The van der Waals surface area contributed by atoms with Crippen LogP contribution in [0, 0.1) is 6.92 Å². The number of nitrogens with zero attached hydrogens (tertiary/aromatic N) is 1. The van der Waals surface area contributed by atoms with Crippen LogP contribution in [0.2, 0.25) is 0 Å². The summed E-state index contributed by atoms with van der Waals surface area (Å²) in [6.45, 7) is 3.83. The molecule has 1 rings (SSSR count). The smallest absolute Gasteiger partial charge is 0.218 e. The molecule has 2 nitrogen and oxygen atoms in total. The van der Waals surface area contributed by atoms with E-state index >= 15 is 0 Å². The van der Waals surface area contributed by atoms with Gasteiger partial charge in [0.25, 0.3) is 0 Å². The summed E-state index contributed by atoms with van der Waals surface area (Å²) in [5.74, 6) is 0.676. The minimum Gasteiger partial charge on any atom is -0.445 e. The van der Waals surface area contributed by atoms with Crippen molar-refractivity contribution < 1.29 is 4.42 Å². The summed E-state index contributed by atoms with van der Waals surface area (Å²) in [6, 6.07) is 0. The van der Waals surface area contributed by atoms with Gasteiger partial charge in [0, 0.05) is 0 Å². The molecule has 0 aliphatic heterocycles. The third-order valence-corrected chi connectivity index (χ3v) is 0.946. The maximum atomic E-state index is 5.01. The maximum Gasteiger partial charge on any atom is 0.218 e. The first-order chi connectivity index (χ1) is 4.33. The third-order valence-electron chi connectivity index (χ3n) is 0.946. The molecule has 0 saturated carbocycles. The van der Waals surface area contributed by atoms with Crippen LogP contribution in [0.4, 0.5) is 0 Å². The van der Waals surface area contributed by atoms with Gasteiger partial charge in [-0.1, -0.05) is 6.08 Å². The molecular weight excluding hydrogens is 114 g/mol. The minimum absolute atomic E-state index is 0.676. The molecular formula is C7H9NO. The highest BCUT2D eigenvalue weighted by molar-refractivity contribution is 5.36. The quantitative estimate of drug-likeness (QED) is 0.571. The minimum atomic E-state index is 0.676. The molecule has 9 heavy (non-hydrogen) atoms. The average molecular weight is 123 g/mol. The number of rotatable bonds is 1. The number of hydrogen-bond donors (Lipinski definition) is 0. The van der Waals surface area contributed by atoms with Gasteiger partial charge in [-0.15, -0.1) is 0 Å². The molecule has 0 N–H and O–H groups in total. The molecule has 1 aromatic heterocycles. The van der Waals surface area contributed by atoms with Gasteiger partial charge in [0.1, 0.15) is 6.26 Å². The van der Waals surface area contributed by atoms with Crippen LogP contribution in [-0.2, 0) is 0 Å². The second kappa shape index (κ2) is 2.49. The SMILES string of the molecule is CC=Cc1nc(C)co1. The van der Waals surface area contributed by atoms with Crippen LogP contribution in [0.3, 0.4) is 0 Å². The van der Waals surface area contributed by atoms with E-state index in [9.17, 15) is 0 Å². The van der Waals surface area contributed by atoms with Crippen LogP contribution in [-0.4, -0.2) is 4.98 Å². The van der Waals surface area contributed by atoms with Crippen LogP contribution in [0.1, 0.15) is 18.5 Å². The summed E-state index contributed by atoms with van der Waals surface area (Å²) in [6.07, 6.45) is 5.35. The van der Waals surface area contributed by atoms with Gasteiger partial charge >= 0.3 is 0 Å². The predicted octanol–water partition coefficient (Wildman–Crippen LogP) is 2.02. The molecule has 0 aromatic carbocycles. The lowest BCUT2D eigenvalue weighted by Crippen LogP contribution is -1.69. The molecule has 0 aliphatic rings. The second-order valence-electron chi connectivity index (χ2n) is 1.83. The van der Waals surface area contributed by atoms with Gasteiger partial charge in [-0.2, -0.15) is 0 Å². The molecule has 0 spiro atoms. The number of hydrogen-bond acceptors (Lipinski definition) is 2. The highest BCUT2D eigenvalue weighted by Crippen LogP contribution is 2.01. The highest BCUT2D eigenvalue weighted by atomic mass is 16.3. The normalized spacial score (nSPS) is 10.9. The molecule has 0 aliphatic carbocycles. The third kappa shape index (κ3) is 1.42. The molecule has 0 bridgehead atoms. The van der Waals surface area contributed by atoms with Gasteiger partial charge in [0.15, 0.2) is 0 Å². The van der Waals surface area contributed by atoms with E-state index < -0.39 is 0 Å². The largest absolute Gasteiger partial charge is 0.445 e. The van der Waals surface area contributed by atoms with Crippen molar-refractivity contribution in [2.45, 2.75) is 13.8 Å². The summed E-state index contributed by atoms with van der Waals surface area (Å²) in [5, 5.41) is 0. The first-order valence-corrected chi connectivity index (χ1v) is 2.88. The number of allylic oxidation sites excluding steroid dienone is 1. The monoisotopic (exact) mass is 123 g/mol. The van der Waals surface area contributed by atoms with E-state index in [1.54, 1.807) is 6.26 Å². The molecule has 0 unspecified atom stereocenters. The number of aromatic nitrogens is 1. The van der Waals surface area contributed by atoms with Crippen molar-refractivity contribution in [2.75, 3.05) is 0 Å². The van der Waals surface area contributed by atoms with Gasteiger partial charge in [0.2, 0.25) is 5.89 Å². The first-order valence-electron chi connectivity index (χ1n) is 2.88. The highest BCUT2D eigenvalue weighted by Gasteiger charge is 1.91. The van der Waals surface area contributed by atoms with Crippen molar-refractivity contribution in [2.24, 2.45) is 0 Å². The van der Waals surface area contributed by atoms with Crippen molar-refractivity contribution in [3.05, 3.63) is 23.9 Å². The number of oxazole rings is 1. The van der Waals surface area contributed by atoms with Crippen molar-refractivity contribution in [1.82, 2.24) is 4.98 Å². The van der Waals surface area contributed by atoms with Gasteiger partial charge in [0.05, 0.1) is 5.69 Å². The topological polar surface area (TPSA) is 26.0 Å². The Bertz CT molecular complexity index is 212. The molecule has 0 fully saturated rings. The van der Waals surface area contributed by atoms with E-state index in [0.29, 0.717) is 5.89 Å². The van der Waals surface area contributed by atoms with E-state index in [1.807, 2.05) is 26.0 Å². The van der Waals surface area contributed by atoms with E-state index in [-0.39, 0.29) is 0 Å². The van der Waals surface area contributed by atoms with Crippen molar-refractivity contribution in [1.29, 1.82) is 0 Å². The Balaban J connectivity index is 2.85. The lowest BCUT2D eigenvalue weighted by Gasteiger charge is -1.75. The summed E-state index contributed by atoms with van der Waals surface area (Å²) in [7, 11) is 0. The second-order valence-corrected chi connectivity index (χ2v) is 1.83. The van der Waals surface area contributed by atoms with Crippen LogP contribution in [0.25, 0.3) is 6.08 Å². The number of aryl methyl sites for hydroxylation is 1. The Morgan fingerprint density at radius 1 is 1.67 bits per heavy atom. The maximum absolute atomic E-state index is 5.01. The molecule has 1 heterocycles. The summed E-state index contributed by atoms with van der Waals surface area (Å²) in [5.41, 5.74) is 0.920. The standard InChI is InChI=1S/C7H9NO/c1-3-4-7-8-6(2)5-9-7/h3-5H,1-2H3. The fourth-order valence-corrected chi connectivity index (χ4v) is 0.591. The molecule has 1 aromatic rings. The average Bonchev–Trinajstić information content (AvgIpc) is 2.17. The van der Waals surface area contributed by atoms with Crippen LogP contribution in [0.15, 0.2) is 16.8 Å². The van der Waals surface area contributed by atoms with Crippen LogP contribution in [0.5, 0.6) is 0 Å². The Morgan fingerprint density at radius 3 is 2.89 bits per heavy atom. The van der Waals surface area contributed by atoms with Gasteiger partial charge < -0.3 is 4.42 Å². The Kier molecular flexibility index (Phi) is 1.68. The van der Waals surface area contributed by atoms with Gasteiger partial charge in [-0.3, -0.25) is 0 Å². The summed E-state index contributed by atoms with van der Waals surface area (Å²) >= 11 is 0. The van der Waals surface area contributed by atoms with Gasteiger partial charge in [-0.25, -0.2) is 4.98 Å². The Labute approximate surface area is 54.2 Å². The Hall–Kier alpha value is -1.05. The lowest BCUT2D eigenvalue weighted by molar-refractivity contribution is 0.545. The van der Waals surface area contributed by atoms with E-state index in [2.05, 4.69) is 4.98 Å².